The fraction of sp³-hybridized carbons (Fsp3) is 0.500. The van der Waals surface area contributed by atoms with Crippen molar-refractivity contribution in [1.29, 1.82) is 0 Å². The number of aromatic nitrogens is 5. The topological polar surface area (TPSA) is 59.4 Å². The van der Waals surface area contributed by atoms with Gasteiger partial charge in [-0.15, -0.1) is 0 Å². The van der Waals surface area contributed by atoms with Crippen molar-refractivity contribution in [2.75, 3.05) is 0 Å². The highest BCUT2D eigenvalue weighted by molar-refractivity contribution is 5.49. The van der Waals surface area contributed by atoms with Crippen molar-refractivity contribution in [3.05, 3.63) is 17.6 Å². The third-order valence-electron chi connectivity index (χ3n) is 2.28. The number of aryl methyl sites for hydroxylation is 2. The van der Waals surface area contributed by atoms with Crippen molar-refractivity contribution < 1.29 is 0 Å². The van der Waals surface area contributed by atoms with E-state index in [4.69, 9.17) is 0 Å². The standard InChI is InChI=1S/C10H15N5/c1-6(2)9-11-10(13-12-9)8-5-7(3)14-15(8)4/h5-6H,1-4H3,(H,11,12,13). The lowest BCUT2D eigenvalue weighted by Gasteiger charge is -1.96. The van der Waals surface area contributed by atoms with Crippen molar-refractivity contribution in [2.45, 2.75) is 26.7 Å². The predicted molar refractivity (Wildman–Crippen MR) is 57.4 cm³/mol. The molecule has 2 heterocycles. The molecule has 0 aromatic carbocycles. The van der Waals surface area contributed by atoms with Crippen LogP contribution in [-0.4, -0.2) is 25.0 Å². The van der Waals surface area contributed by atoms with Crippen LogP contribution in [0.5, 0.6) is 0 Å². The van der Waals surface area contributed by atoms with E-state index in [1.807, 2.05) is 20.0 Å². The van der Waals surface area contributed by atoms with Gasteiger partial charge in [-0.1, -0.05) is 13.8 Å². The van der Waals surface area contributed by atoms with Gasteiger partial charge < -0.3 is 0 Å². The van der Waals surface area contributed by atoms with Gasteiger partial charge in [0, 0.05) is 13.0 Å². The van der Waals surface area contributed by atoms with Crippen LogP contribution in [0, 0.1) is 6.92 Å². The molecule has 5 heteroatoms. The molecule has 2 aromatic rings. The van der Waals surface area contributed by atoms with Gasteiger partial charge in [-0.25, -0.2) is 4.98 Å². The normalized spacial score (nSPS) is 11.3. The number of H-pyrrole nitrogens is 1. The lowest BCUT2D eigenvalue weighted by Crippen LogP contribution is -1.95. The summed E-state index contributed by atoms with van der Waals surface area (Å²) in [6, 6.07) is 1.98. The lowest BCUT2D eigenvalue weighted by atomic mass is 10.2. The fourth-order valence-electron chi connectivity index (χ4n) is 1.47. The van der Waals surface area contributed by atoms with E-state index in [-0.39, 0.29) is 0 Å². The molecule has 5 nitrogen and oxygen atoms in total. The third-order valence-corrected chi connectivity index (χ3v) is 2.28. The molecule has 0 radical (unpaired) electrons. The van der Waals surface area contributed by atoms with E-state index in [2.05, 4.69) is 34.1 Å². The Morgan fingerprint density at radius 2 is 2.13 bits per heavy atom. The first-order valence-corrected chi connectivity index (χ1v) is 5.01. The van der Waals surface area contributed by atoms with E-state index in [9.17, 15) is 0 Å². The smallest absolute Gasteiger partial charge is 0.199 e. The Bertz CT molecular complexity index is 466. The summed E-state index contributed by atoms with van der Waals surface area (Å²) in [6.45, 7) is 6.12. The van der Waals surface area contributed by atoms with E-state index in [0.29, 0.717) is 11.7 Å². The minimum Gasteiger partial charge on any atom is -0.264 e. The molecule has 0 bridgehead atoms. The van der Waals surface area contributed by atoms with E-state index in [0.717, 1.165) is 17.2 Å². The average molecular weight is 205 g/mol. The zero-order valence-corrected chi connectivity index (χ0v) is 9.44. The van der Waals surface area contributed by atoms with Gasteiger partial charge >= 0.3 is 0 Å². The molecule has 1 N–H and O–H groups in total. The predicted octanol–water partition coefficient (Wildman–Crippen LogP) is 1.64. The lowest BCUT2D eigenvalue weighted by molar-refractivity contribution is 0.759. The Morgan fingerprint density at radius 1 is 1.40 bits per heavy atom. The van der Waals surface area contributed by atoms with Crippen molar-refractivity contribution in [3.8, 4) is 11.5 Å². The molecule has 2 aromatic heterocycles. The molecule has 0 atom stereocenters. The van der Waals surface area contributed by atoms with Gasteiger partial charge in [0.1, 0.15) is 11.5 Å². The number of hydrogen-bond acceptors (Lipinski definition) is 3. The number of hydrogen-bond donors (Lipinski definition) is 1. The Balaban J connectivity index is 2.41. The molecule has 0 aliphatic carbocycles. The van der Waals surface area contributed by atoms with Gasteiger partial charge in [0.2, 0.25) is 0 Å². The van der Waals surface area contributed by atoms with E-state index in [1.54, 1.807) is 4.68 Å². The number of aromatic amines is 1. The summed E-state index contributed by atoms with van der Waals surface area (Å²) in [5.74, 6) is 1.98. The highest BCUT2D eigenvalue weighted by Crippen LogP contribution is 2.17. The number of nitrogens with zero attached hydrogens (tertiary/aromatic N) is 4. The van der Waals surface area contributed by atoms with E-state index in [1.165, 1.54) is 0 Å². The Morgan fingerprint density at radius 3 is 2.60 bits per heavy atom. The Hall–Kier alpha value is -1.65. The highest BCUT2D eigenvalue weighted by atomic mass is 15.3. The minimum absolute atomic E-state index is 0.362. The SMILES string of the molecule is Cc1cc(-c2n[nH]c(C(C)C)n2)n(C)n1. The van der Waals surface area contributed by atoms with Crippen LogP contribution < -0.4 is 0 Å². The first-order chi connectivity index (χ1) is 7.08. The minimum atomic E-state index is 0.362. The number of rotatable bonds is 2. The van der Waals surface area contributed by atoms with Gasteiger partial charge in [0.05, 0.1) is 5.69 Å². The molecule has 2 rings (SSSR count). The summed E-state index contributed by atoms with van der Waals surface area (Å²) in [7, 11) is 1.90. The van der Waals surface area contributed by atoms with Crippen molar-refractivity contribution >= 4 is 0 Å². The average Bonchev–Trinajstić information content (AvgIpc) is 2.71. The van der Waals surface area contributed by atoms with Gasteiger partial charge in [0.15, 0.2) is 5.82 Å². The molecule has 0 spiro atoms. The van der Waals surface area contributed by atoms with Gasteiger partial charge in [-0.2, -0.15) is 10.2 Å². The molecule has 0 fully saturated rings. The molecular formula is C10H15N5. The molecule has 80 valence electrons. The maximum Gasteiger partial charge on any atom is 0.199 e. The second-order valence-corrected chi connectivity index (χ2v) is 3.99. The molecule has 0 saturated carbocycles. The van der Waals surface area contributed by atoms with Crippen LogP contribution in [0.15, 0.2) is 6.07 Å². The monoisotopic (exact) mass is 205 g/mol. The quantitative estimate of drug-likeness (QED) is 0.810. The third kappa shape index (κ3) is 1.77. The van der Waals surface area contributed by atoms with Crippen LogP contribution in [0.4, 0.5) is 0 Å². The summed E-state index contributed by atoms with van der Waals surface area (Å²) < 4.78 is 1.79. The molecule has 0 aliphatic rings. The van der Waals surface area contributed by atoms with Crippen LogP contribution in [-0.2, 0) is 7.05 Å². The Kier molecular flexibility index (Phi) is 2.30. The fourth-order valence-corrected chi connectivity index (χ4v) is 1.47. The van der Waals surface area contributed by atoms with E-state index < -0.39 is 0 Å². The number of nitrogens with one attached hydrogen (secondary N) is 1. The van der Waals surface area contributed by atoms with Crippen molar-refractivity contribution in [2.24, 2.45) is 7.05 Å². The zero-order chi connectivity index (χ0) is 11.0. The van der Waals surface area contributed by atoms with Crippen LogP contribution >= 0.6 is 0 Å². The maximum atomic E-state index is 4.43. The first-order valence-electron chi connectivity index (χ1n) is 5.01. The second-order valence-electron chi connectivity index (χ2n) is 3.99. The zero-order valence-electron chi connectivity index (χ0n) is 9.44. The van der Waals surface area contributed by atoms with Crippen LogP contribution in [0.3, 0.4) is 0 Å². The van der Waals surface area contributed by atoms with Crippen LogP contribution in [0.1, 0.15) is 31.3 Å². The highest BCUT2D eigenvalue weighted by Gasteiger charge is 2.12. The summed E-state index contributed by atoms with van der Waals surface area (Å²) in [6.07, 6.45) is 0. The van der Waals surface area contributed by atoms with Gasteiger partial charge in [-0.05, 0) is 13.0 Å². The first kappa shape index (κ1) is 9.89. The summed E-state index contributed by atoms with van der Waals surface area (Å²) in [5, 5.41) is 11.4. The Labute approximate surface area is 88.5 Å². The van der Waals surface area contributed by atoms with Gasteiger partial charge in [-0.3, -0.25) is 9.78 Å². The van der Waals surface area contributed by atoms with Crippen molar-refractivity contribution in [3.63, 3.8) is 0 Å². The molecule has 0 aliphatic heterocycles. The van der Waals surface area contributed by atoms with Gasteiger partial charge in [0.25, 0.3) is 0 Å². The summed E-state index contributed by atoms with van der Waals surface area (Å²) in [4.78, 5) is 4.43. The molecule has 15 heavy (non-hydrogen) atoms. The largest absolute Gasteiger partial charge is 0.264 e. The second kappa shape index (κ2) is 3.49. The van der Waals surface area contributed by atoms with E-state index >= 15 is 0 Å². The van der Waals surface area contributed by atoms with Crippen molar-refractivity contribution in [1.82, 2.24) is 25.0 Å². The molecule has 0 saturated heterocycles. The molecular weight excluding hydrogens is 190 g/mol. The van der Waals surface area contributed by atoms with Crippen LogP contribution in [0.25, 0.3) is 11.5 Å². The summed E-state index contributed by atoms with van der Waals surface area (Å²) in [5.41, 5.74) is 1.92. The van der Waals surface area contributed by atoms with Crippen LogP contribution in [0.2, 0.25) is 0 Å². The summed E-state index contributed by atoms with van der Waals surface area (Å²) >= 11 is 0. The molecule has 0 amide bonds. The molecule has 0 unspecified atom stereocenters. The maximum absolute atomic E-state index is 4.43.